The Kier molecular flexibility index (Phi) is 5.11. The van der Waals surface area contributed by atoms with Crippen molar-refractivity contribution in [1.82, 2.24) is 0 Å². The Morgan fingerprint density at radius 3 is 2.32 bits per heavy atom. The van der Waals surface area contributed by atoms with Crippen molar-refractivity contribution in [3.8, 4) is 17.2 Å². The van der Waals surface area contributed by atoms with Crippen LogP contribution >= 0.6 is 27.5 Å². The van der Waals surface area contributed by atoms with Crippen LogP contribution in [0, 0.1) is 0 Å². The molecule has 4 heteroatoms. The fourth-order valence-electron chi connectivity index (χ4n) is 1.61. The summed E-state index contributed by atoms with van der Waals surface area (Å²) >= 11 is 9.56. The number of halogens is 2. The zero-order valence-electron chi connectivity index (χ0n) is 10.5. The molecule has 100 valence electrons. The Bertz CT molecular complexity index is 540. The Morgan fingerprint density at radius 1 is 1.05 bits per heavy atom. The highest BCUT2D eigenvalue weighted by molar-refractivity contribution is 9.08. The van der Waals surface area contributed by atoms with Crippen LogP contribution in [0.5, 0.6) is 17.2 Å². The van der Waals surface area contributed by atoms with Crippen LogP contribution in [0.1, 0.15) is 12.5 Å². The standard InChI is InChI=1S/C15H14BrClO2/c1-2-18-12-4-6-13(7-5-12)19-15-8-3-11(10-16)9-14(15)17/h3-9H,2,10H2,1H3. The molecule has 19 heavy (non-hydrogen) atoms. The van der Waals surface area contributed by atoms with Gasteiger partial charge in [0.1, 0.15) is 17.2 Å². The average molecular weight is 342 g/mol. The molecule has 0 aliphatic rings. The van der Waals surface area contributed by atoms with Gasteiger partial charge in [0, 0.05) is 5.33 Å². The lowest BCUT2D eigenvalue weighted by molar-refractivity contribution is 0.339. The van der Waals surface area contributed by atoms with E-state index in [-0.39, 0.29) is 0 Å². The summed E-state index contributed by atoms with van der Waals surface area (Å²) in [6.45, 7) is 2.61. The van der Waals surface area contributed by atoms with Crippen LogP contribution in [0.4, 0.5) is 0 Å². The molecule has 0 saturated heterocycles. The van der Waals surface area contributed by atoms with Crippen molar-refractivity contribution in [2.45, 2.75) is 12.3 Å². The number of hydrogen-bond donors (Lipinski definition) is 0. The molecule has 0 atom stereocenters. The predicted molar refractivity (Wildman–Crippen MR) is 81.8 cm³/mol. The minimum atomic E-state index is 0.603. The number of ether oxygens (including phenoxy) is 2. The van der Waals surface area contributed by atoms with E-state index in [1.54, 1.807) is 0 Å². The molecule has 0 aromatic heterocycles. The molecule has 0 fully saturated rings. The summed E-state index contributed by atoms with van der Waals surface area (Å²) in [7, 11) is 0. The van der Waals surface area contributed by atoms with Crippen molar-refractivity contribution in [2.24, 2.45) is 0 Å². The first-order valence-electron chi connectivity index (χ1n) is 5.98. The van der Waals surface area contributed by atoms with Crippen LogP contribution in [0.2, 0.25) is 5.02 Å². The largest absolute Gasteiger partial charge is 0.494 e. The molecule has 2 nitrogen and oxygen atoms in total. The molecular weight excluding hydrogens is 328 g/mol. The van der Waals surface area contributed by atoms with Crippen LogP contribution in [0.3, 0.4) is 0 Å². The van der Waals surface area contributed by atoms with Gasteiger partial charge in [-0.3, -0.25) is 0 Å². The molecule has 0 amide bonds. The van der Waals surface area contributed by atoms with Gasteiger partial charge in [0.2, 0.25) is 0 Å². The zero-order chi connectivity index (χ0) is 13.7. The Morgan fingerprint density at radius 2 is 1.74 bits per heavy atom. The van der Waals surface area contributed by atoms with Gasteiger partial charge >= 0.3 is 0 Å². The summed E-state index contributed by atoms with van der Waals surface area (Å²) in [5.41, 5.74) is 1.11. The van der Waals surface area contributed by atoms with Crippen molar-refractivity contribution in [2.75, 3.05) is 6.61 Å². The van der Waals surface area contributed by atoms with E-state index in [9.17, 15) is 0 Å². The van der Waals surface area contributed by atoms with Crippen molar-refractivity contribution in [3.63, 3.8) is 0 Å². The summed E-state index contributed by atoms with van der Waals surface area (Å²) in [5, 5.41) is 1.38. The second-order valence-electron chi connectivity index (χ2n) is 3.90. The number of rotatable bonds is 5. The minimum absolute atomic E-state index is 0.603. The second-order valence-corrected chi connectivity index (χ2v) is 4.87. The number of benzene rings is 2. The van der Waals surface area contributed by atoms with Gasteiger partial charge in [-0.1, -0.05) is 33.6 Å². The molecular formula is C15H14BrClO2. The second kappa shape index (κ2) is 6.83. The van der Waals surface area contributed by atoms with Gasteiger partial charge in [0.05, 0.1) is 11.6 Å². The van der Waals surface area contributed by atoms with E-state index in [1.807, 2.05) is 49.4 Å². The van der Waals surface area contributed by atoms with E-state index in [0.717, 1.165) is 22.4 Å². The predicted octanol–water partition coefficient (Wildman–Crippen LogP) is 5.43. The van der Waals surface area contributed by atoms with Crippen molar-refractivity contribution in [3.05, 3.63) is 53.1 Å². The lowest BCUT2D eigenvalue weighted by atomic mass is 10.2. The maximum Gasteiger partial charge on any atom is 0.146 e. The lowest BCUT2D eigenvalue weighted by Crippen LogP contribution is -1.91. The molecule has 0 spiro atoms. The quantitative estimate of drug-likeness (QED) is 0.675. The first-order valence-corrected chi connectivity index (χ1v) is 7.48. The van der Waals surface area contributed by atoms with Gasteiger partial charge in [-0.15, -0.1) is 0 Å². The maximum atomic E-state index is 6.17. The molecule has 0 aliphatic heterocycles. The van der Waals surface area contributed by atoms with E-state index in [0.29, 0.717) is 17.4 Å². The van der Waals surface area contributed by atoms with Crippen molar-refractivity contribution in [1.29, 1.82) is 0 Å². The monoisotopic (exact) mass is 340 g/mol. The molecule has 0 heterocycles. The van der Waals surface area contributed by atoms with Gasteiger partial charge in [-0.05, 0) is 48.9 Å². The molecule has 0 unspecified atom stereocenters. The van der Waals surface area contributed by atoms with Crippen LogP contribution < -0.4 is 9.47 Å². The summed E-state index contributed by atoms with van der Waals surface area (Å²) in [4.78, 5) is 0. The van der Waals surface area contributed by atoms with E-state index >= 15 is 0 Å². The van der Waals surface area contributed by atoms with Gasteiger partial charge in [-0.25, -0.2) is 0 Å². The van der Waals surface area contributed by atoms with E-state index < -0.39 is 0 Å². The third kappa shape index (κ3) is 3.88. The van der Waals surface area contributed by atoms with Crippen LogP contribution in [-0.4, -0.2) is 6.61 Å². The first kappa shape index (κ1) is 14.2. The Hall–Kier alpha value is -1.19. The van der Waals surface area contributed by atoms with E-state index in [2.05, 4.69) is 15.9 Å². The molecule has 2 aromatic carbocycles. The molecule has 0 N–H and O–H groups in total. The highest BCUT2D eigenvalue weighted by atomic mass is 79.9. The van der Waals surface area contributed by atoms with Gasteiger partial charge < -0.3 is 9.47 Å². The third-order valence-corrected chi connectivity index (χ3v) is 3.46. The summed E-state index contributed by atoms with van der Waals surface area (Å²) in [6.07, 6.45) is 0. The molecule has 2 rings (SSSR count). The Labute approximate surface area is 126 Å². The van der Waals surface area contributed by atoms with Gasteiger partial charge in [0.25, 0.3) is 0 Å². The molecule has 2 aromatic rings. The van der Waals surface area contributed by atoms with Gasteiger partial charge in [-0.2, -0.15) is 0 Å². The van der Waals surface area contributed by atoms with E-state index in [4.69, 9.17) is 21.1 Å². The highest BCUT2D eigenvalue weighted by Crippen LogP contribution is 2.31. The highest BCUT2D eigenvalue weighted by Gasteiger charge is 2.04. The fraction of sp³-hybridized carbons (Fsp3) is 0.200. The minimum Gasteiger partial charge on any atom is -0.494 e. The average Bonchev–Trinajstić information content (AvgIpc) is 2.43. The fourth-order valence-corrected chi connectivity index (χ4v) is 2.20. The summed E-state index contributed by atoms with van der Waals surface area (Å²) in [5.74, 6) is 2.21. The normalized spacial score (nSPS) is 10.3. The van der Waals surface area contributed by atoms with E-state index in [1.165, 1.54) is 0 Å². The maximum absolute atomic E-state index is 6.17. The first-order chi connectivity index (χ1) is 9.22. The van der Waals surface area contributed by atoms with Crippen LogP contribution in [-0.2, 0) is 5.33 Å². The number of alkyl halides is 1. The molecule has 0 saturated carbocycles. The number of hydrogen-bond acceptors (Lipinski definition) is 2. The Balaban J connectivity index is 2.12. The molecule has 0 aliphatic carbocycles. The zero-order valence-corrected chi connectivity index (χ0v) is 12.9. The molecule has 0 bridgehead atoms. The smallest absolute Gasteiger partial charge is 0.146 e. The van der Waals surface area contributed by atoms with Gasteiger partial charge in [0.15, 0.2) is 0 Å². The molecule has 0 radical (unpaired) electrons. The van der Waals surface area contributed by atoms with Crippen molar-refractivity contribution < 1.29 is 9.47 Å². The van der Waals surface area contributed by atoms with Crippen LogP contribution in [0.25, 0.3) is 0 Å². The summed E-state index contributed by atoms with van der Waals surface area (Å²) in [6, 6.07) is 13.2. The SMILES string of the molecule is CCOc1ccc(Oc2ccc(CBr)cc2Cl)cc1. The summed E-state index contributed by atoms with van der Waals surface area (Å²) < 4.78 is 11.1. The van der Waals surface area contributed by atoms with Crippen molar-refractivity contribution >= 4 is 27.5 Å². The lowest BCUT2D eigenvalue weighted by Gasteiger charge is -2.09. The third-order valence-electron chi connectivity index (χ3n) is 2.51. The van der Waals surface area contributed by atoms with Crippen LogP contribution in [0.15, 0.2) is 42.5 Å². The topological polar surface area (TPSA) is 18.5 Å².